The Morgan fingerprint density at radius 1 is 1.43 bits per heavy atom. The number of methoxy groups -OCH3 is 1. The van der Waals surface area contributed by atoms with Gasteiger partial charge in [-0.15, -0.1) is 0 Å². The Bertz CT molecular complexity index is 318. The van der Waals surface area contributed by atoms with E-state index in [0.717, 1.165) is 17.9 Å². The first kappa shape index (κ1) is 10.8. The minimum atomic E-state index is 0.877. The molecule has 0 aliphatic heterocycles. The van der Waals surface area contributed by atoms with Crippen LogP contribution in [0.1, 0.15) is 11.1 Å². The van der Waals surface area contributed by atoms with Crippen molar-refractivity contribution in [2.24, 2.45) is 0 Å². The van der Waals surface area contributed by atoms with Gasteiger partial charge in [-0.1, -0.05) is 18.7 Å². The summed E-state index contributed by atoms with van der Waals surface area (Å²) in [6.45, 7) is 4.72. The molecule has 0 N–H and O–H groups in total. The van der Waals surface area contributed by atoms with Crippen LogP contribution < -0.4 is 4.74 Å². The maximum Gasteiger partial charge on any atom is 0.119 e. The van der Waals surface area contributed by atoms with Crippen molar-refractivity contribution in [3.63, 3.8) is 0 Å². The smallest absolute Gasteiger partial charge is 0.119 e. The molecule has 0 aromatic heterocycles. The molecule has 14 heavy (non-hydrogen) atoms. The van der Waals surface area contributed by atoms with Crippen molar-refractivity contribution < 1.29 is 4.74 Å². The third kappa shape index (κ3) is 2.60. The quantitative estimate of drug-likeness (QED) is 0.724. The largest absolute Gasteiger partial charge is 0.497 e. The highest BCUT2D eigenvalue weighted by atomic mass is 16.5. The molecule has 0 spiro atoms. The average Bonchev–Trinajstić information content (AvgIpc) is 2.17. The van der Waals surface area contributed by atoms with E-state index in [1.165, 1.54) is 5.56 Å². The van der Waals surface area contributed by atoms with Crippen LogP contribution in [0.2, 0.25) is 0 Å². The molecule has 0 atom stereocenters. The molecule has 0 saturated carbocycles. The van der Waals surface area contributed by atoms with E-state index in [-0.39, 0.29) is 0 Å². The van der Waals surface area contributed by atoms with Crippen molar-refractivity contribution in [1.82, 2.24) is 4.90 Å². The SMILES string of the molecule is C=Cc1cc(OC)ccc1CN(C)C. The Labute approximate surface area is 85.8 Å². The first-order valence-electron chi connectivity index (χ1n) is 4.61. The summed E-state index contributed by atoms with van der Waals surface area (Å²) in [7, 11) is 5.78. The Morgan fingerprint density at radius 3 is 2.64 bits per heavy atom. The molecule has 0 heterocycles. The third-order valence-corrected chi connectivity index (χ3v) is 2.06. The zero-order valence-electron chi connectivity index (χ0n) is 9.08. The highest BCUT2D eigenvalue weighted by molar-refractivity contribution is 5.54. The molecule has 1 aromatic carbocycles. The van der Waals surface area contributed by atoms with Gasteiger partial charge in [0.1, 0.15) is 5.75 Å². The molecule has 0 fully saturated rings. The van der Waals surface area contributed by atoms with Crippen molar-refractivity contribution >= 4 is 6.08 Å². The second-order valence-corrected chi connectivity index (χ2v) is 3.51. The van der Waals surface area contributed by atoms with Crippen LogP contribution in [-0.2, 0) is 6.54 Å². The number of ether oxygens (including phenoxy) is 1. The Kier molecular flexibility index (Phi) is 3.72. The van der Waals surface area contributed by atoms with Crippen LogP contribution in [0.25, 0.3) is 6.08 Å². The van der Waals surface area contributed by atoms with Crippen molar-refractivity contribution in [2.75, 3.05) is 21.2 Å². The minimum Gasteiger partial charge on any atom is -0.497 e. The normalized spacial score (nSPS) is 10.3. The molecule has 0 amide bonds. The lowest BCUT2D eigenvalue weighted by Crippen LogP contribution is -2.11. The molecule has 0 unspecified atom stereocenters. The van der Waals surface area contributed by atoms with Gasteiger partial charge in [0.2, 0.25) is 0 Å². The second kappa shape index (κ2) is 4.82. The highest BCUT2D eigenvalue weighted by Gasteiger charge is 2.02. The molecule has 1 aromatic rings. The van der Waals surface area contributed by atoms with Crippen LogP contribution >= 0.6 is 0 Å². The summed E-state index contributed by atoms with van der Waals surface area (Å²) in [4.78, 5) is 2.13. The van der Waals surface area contributed by atoms with Crippen molar-refractivity contribution in [3.05, 3.63) is 35.9 Å². The van der Waals surface area contributed by atoms with E-state index in [2.05, 4.69) is 31.6 Å². The number of hydrogen-bond acceptors (Lipinski definition) is 2. The van der Waals surface area contributed by atoms with E-state index < -0.39 is 0 Å². The molecule has 1 rings (SSSR count). The fourth-order valence-corrected chi connectivity index (χ4v) is 1.37. The van der Waals surface area contributed by atoms with Gasteiger partial charge in [0, 0.05) is 6.54 Å². The van der Waals surface area contributed by atoms with Gasteiger partial charge < -0.3 is 9.64 Å². The van der Waals surface area contributed by atoms with Crippen LogP contribution in [-0.4, -0.2) is 26.1 Å². The number of nitrogens with zero attached hydrogens (tertiary/aromatic N) is 1. The zero-order chi connectivity index (χ0) is 10.6. The Morgan fingerprint density at radius 2 is 2.14 bits per heavy atom. The summed E-state index contributed by atoms with van der Waals surface area (Å²) in [6, 6.07) is 6.06. The van der Waals surface area contributed by atoms with E-state index in [1.54, 1.807) is 7.11 Å². The molecule has 76 valence electrons. The second-order valence-electron chi connectivity index (χ2n) is 3.51. The number of benzene rings is 1. The van der Waals surface area contributed by atoms with Crippen LogP contribution in [0.4, 0.5) is 0 Å². The van der Waals surface area contributed by atoms with Crippen molar-refractivity contribution in [2.45, 2.75) is 6.54 Å². The Balaban J connectivity index is 2.99. The maximum absolute atomic E-state index is 5.16. The molecule has 2 nitrogen and oxygen atoms in total. The van der Waals surface area contributed by atoms with Gasteiger partial charge in [0.25, 0.3) is 0 Å². The molecular formula is C12H17NO. The van der Waals surface area contributed by atoms with Gasteiger partial charge in [-0.05, 0) is 37.4 Å². The van der Waals surface area contributed by atoms with Gasteiger partial charge in [-0.2, -0.15) is 0 Å². The molecule has 0 radical (unpaired) electrons. The van der Waals surface area contributed by atoms with Gasteiger partial charge in [-0.25, -0.2) is 0 Å². The maximum atomic E-state index is 5.16. The van der Waals surface area contributed by atoms with Gasteiger partial charge in [0.05, 0.1) is 7.11 Å². The predicted octanol–water partition coefficient (Wildman–Crippen LogP) is 2.40. The zero-order valence-corrected chi connectivity index (χ0v) is 9.08. The lowest BCUT2D eigenvalue weighted by molar-refractivity contribution is 0.399. The summed E-state index contributed by atoms with van der Waals surface area (Å²) < 4.78 is 5.16. The fourth-order valence-electron chi connectivity index (χ4n) is 1.37. The van der Waals surface area contributed by atoms with Crippen LogP contribution in [0.15, 0.2) is 24.8 Å². The van der Waals surface area contributed by atoms with Crippen LogP contribution in [0.5, 0.6) is 5.75 Å². The molecule has 0 aliphatic rings. The summed E-state index contributed by atoms with van der Waals surface area (Å²) in [5.74, 6) is 0.877. The average molecular weight is 191 g/mol. The van der Waals surface area contributed by atoms with Gasteiger partial charge >= 0.3 is 0 Å². The van der Waals surface area contributed by atoms with Crippen LogP contribution in [0, 0.1) is 0 Å². The van der Waals surface area contributed by atoms with Gasteiger partial charge in [-0.3, -0.25) is 0 Å². The number of hydrogen-bond donors (Lipinski definition) is 0. The van der Waals surface area contributed by atoms with Gasteiger partial charge in [0.15, 0.2) is 0 Å². The Hall–Kier alpha value is -1.28. The van der Waals surface area contributed by atoms with Crippen molar-refractivity contribution in [1.29, 1.82) is 0 Å². The molecule has 0 bridgehead atoms. The lowest BCUT2D eigenvalue weighted by atomic mass is 10.1. The molecule has 2 heteroatoms. The fraction of sp³-hybridized carbons (Fsp3) is 0.333. The summed E-state index contributed by atoms with van der Waals surface area (Å²) in [5.41, 5.74) is 2.41. The monoisotopic (exact) mass is 191 g/mol. The summed E-state index contributed by atoms with van der Waals surface area (Å²) in [5, 5.41) is 0. The predicted molar refractivity (Wildman–Crippen MR) is 60.5 cm³/mol. The number of rotatable bonds is 4. The molecule has 0 aliphatic carbocycles. The lowest BCUT2D eigenvalue weighted by Gasteiger charge is -2.13. The summed E-state index contributed by atoms with van der Waals surface area (Å²) >= 11 is 0. The molecule has 0 saturated heterocycles. The highest BCUT2D eigenvalue weighted by Crippen LogP contribution is 2.19. The van der Waals surface area contributed by atoms with Crippen LogP contribution in [0.3, 0.4) is 0 Å². The third-order valence-electron chi connectivity index (χ3n) is 2.06. The van der Waals surface area contributed by atoms with E-state index in [1.807, 2.05) is 18.2 Å². The minimum absolute atomic E-state index is 0.877. The van der Waals surface area contributed by atoms with E-state index in [4.69, 9.17) is 4.74 Å². The van der Waals surface area contributed by atoms with E-state index >= 15 is 0 Å². The standard InChI is InChI=1S/C12H17NO/c1-5-10-8-12(14-4)7-6-11(10)9-13(2)3/h5-8H,1,9H2,2-4H3. The van der Waals surface area contributed by atoms with E-state index in [0.29, 0.717) is 0 Å². The van der Waals surface area contributed by atoms with Crippen molar-refractivity contribution in [3.8, 4) is 5.75 Å². The first-order valence-corrected chi connectivity index (χ1v) is 4.61. The first-order chi connectivity index (χ1) is 6.67. The van der Waals surface area contributed by atoms with E-state index in [9.17, 15) is 0 Å². The topological polar surface area (TPSA) is 12.5 Å². The summed E-state index contributed by atoms with van der Waals surface area (Å²) in [6.07, 6.45) is 1.86. The molecular weight excluding hydrogens is 174 g/mol.